The zero-order valence-corrected chi connectivity index (χ0v) is 10.2. The third kappa shape index (κ3) is 2.67. The van der Waals surface area contributed by atoms with Crippen molar-refractivity contribution >= 4 is 17.3 Å². The van der Waals surface area contributed by atoms with E-state index in [1.165, 1.54) is 0 Å². The smallest absolute Gasteiger partial charge is 0.0758 e. The highest BCUT2D eigenvalue weighted by Crippen LogP contribution is 2.25. The van der Waals surface area contributed by atoms with E-state index in [0.717, 1.165) is 25.1 Å². The van der Waals surface area contributed by atoms with Crippen molar-refractivity contribution in [2.24, 2.45) is 0 Å². The molecule has 4 heteroatoms. The van der Waals surface area contributed by atoms with Crippen LogP contribution in [0.15, 0.2) is 18.2 Å². The highest BCUT2D eigenvalue weighted by molar-refractivity contribution is 6.31. The van der Waals surface area contributed by atoms with Gasteiger partial charge >= 0.3 is 0 Å². The van der Waals surface area contributed by atoms with Gasteiger partial charge in [-0.15, -0.1) is 0 Å². The first-order valence-corrected chi connectivity index (χ1v) is 5.83. The van der Waals surface area contributed by atoms with E-state index in [2.05, 4.69) is 4.90 Å². The van der Waals surface area contributed by atoms with Crippen LogP contribution in [0.4, 0.5) is 5.69 Å². The minimum absolute atomic E-state index is 0.555. The minimum Gasteiger partial charge on any atom is -0.399 e. The topological polar surface area (TPSA) is 49.5 Å². The van der Waals surface area contributed by atoms with Gasteiger partial charge in [0.1, 0.15) is 0 Å². The molecule has 16 heavy (non-hydrogen) atoms. The number of benzene rings is 1. The normalized spacial score (nSPS) is 26.2. The molecule has 0 bridgehead atoms. The maximum atomic E-state index is 9.86. The molecular formula is C12H17ClN2O. The van der Waals surface area contributed by atoms with Gasteiger partial charge in [-0.3, -0.25) is 4.90 Å². The van der Waals surface area contributed by atoms with Crippen molar-refractivity contribution < 1.29 is 5.11 Å². The summed E-state index contributed by atoms with van der Waals surface area (Å²) in [6, 6.07) is 5.57. The van der Waals surface area contributed by atoms with Crippen LogP contribution in [0.1, 0.15) is 18.9 Å². The van der Waals surface area contributed by atoms with E-state index < -0.39 is 5.60 Å². The lowest BCUT2D eigenvalue weighted by Gasteiger charge is -2.19. The van der Waals surface area contributed by atoms with Crippen LogP contribution in [-0.2, 0) is 6.54 Å². The SMILES string of the molecule is CC1(O)CCN(Cc2ccc(N)cc2Cl)C1. The lowest BCUT2D eigenvalue weighted by atomic mass is 10.1. The first-order valence-electron chi connectivity index (χ1n) is 5.45. The van der Waals surface area contributed by atoms with Gasteiger partial charge in [0, 0.05) is 30.3 Å². The lowest BCUT2D eigenvalue weighted by Crippen LogP contribution is -2.29. The third-order valence-corrected chi connectivity index (χ3v) is 3.35. The van der Waals surface area contributed by atoms with Gasteiger partial charge in [0.05, 0.1) is 5.60 Å². The molecule has 1 heterocycles. The lowest BCUT2D eigenvalue weighted by molar-refractivity contribution is 0.0679. The van der Waals surface area contributed by atoms with Crippen molar-refractivity contribution in [3.63, 3.8) is 0 Å². The fourth-order valence-corrected chi connectivity index (χ4v) is 2.36. The van der Waals surface area contributed by atoms with Crippen molar-refractivity contribution in [3.05, 3.63) is 28.8 Å². The number of rotatable bonds is 2. The van der Waals surface area contributed by atoms with Crippen LogP contribution in [0.3, 0.4) is 0 Å². The van der Waals surface area contributed by atoms with E-state index in [-0.39, 0.29) is 0 Å². The maximum Gasteiger partial charge on any atom is 0.0758 e. The number of nitrogen functional groups attached to an aromatic ring is 1. The number of β-amino-alcohol motifs (C(OH)–C–C–N with tert-alkyl or cyclic N) is 1. The molecule has 88 valence electrons. The molecule has 1 aliphatic heterocycles. The average Bonchev–Trinajstić information content (AvgIpc) is 2.51. The summed E-state index contributed by atoms with van der Waals surface area (Å²) in [6.45, 7) is 4.26. The Kier molecular flexibility index (Phi) is 3.10. The molecule has 1 atom stereocenters. The Labute approximate surface area is 101 Å². The summed E-state index contributed by atoms with van der Waals surface area (Å²) < 4.78 is 0. The molecule has 0 amide bonds. The van der Waals surface area contributed by atoms with Gasteiger partial charge in [0.15, 0.2) is 0 Å². The van der Waals surface area contributed by atoms with Crippen molar-refractivity contribution in [2.45, 2.75) is 25.5 Å². The molecular weight excluding hydrogens is 224 g/mol. The number of likely N-dealkylation sites (tertiary alicyclic amines) is 1. The van der Waals surface area contributed by atoms with Gasteiger partial charge in [-0.1, -0.05) is 17.7 Å². The zero-order chi connectivity index (χ0) is 11.8. The molecule has 0 aliphatic carbocycles. The summed E-state index contributed by atoms with van der Waals surface area (Å²) in [4.78, 5) is 2.21. The van der Waals surface area contributed by atoms with Gasteiger partial charge in [-0.05, 0) is 31.0 Å². The van der Waals surface area contributed by atoms with Crippen LogP contribution < -0.4 is 5.73 Å². The predicted octanol–water partition coefficient (Wildman–Crippen LogP) is 1.88. The molecule has 0 radical (unpaired) electrons. The number of nitrogens with two attached hydrogens (primary N) is 1. The number of halogens is 1. The van der Waals surface area contributed by atoms with Gasteiger partial charge in [0.25, 0.3) is 0 Å². The predicted molar refractivity (Wildman–Crippen MR) is 66.4 cm³/mol. The highest BCUT2D eigenvalue weighted by atomic mass is 35.5. The molecule has 3 N–H and O–H groups in total. The van der Waals surface area contributed by atoms with Crippen molar-refractivity contribution in [2.75, 3.05) is 18.8 Å². The van der Waals surface area contributed by atoms with Crippen molar-refractivity contribution in [3.8, 4) is 0 Å². The summed E-state index contributed by atoms with van der Waals surface area (Å²) in [6.07, 6.45) is 0.819. The fourth-order valence-electron chi connectivity index (χ4n) is 2.11. The second kappa shape index (κ2) is 4.24. The summed E-state index contributed by atoms with van der Waals surface area (Å²) in [5.41, 5.74) is 6.83. The molecule has 2 rings (SSSR count). The molecule has 0 saturated carbocycles. The first-order chi connectivity index (χ1) is 7.46. The van der Waals surface area contributed by atoms with E-state index in [9.17, 15) is 5.11 Å². The molecule has 1 saturated heterocycles. The van der Waals surface area contributed by atoms with Gasteiger partial charge in [0.2, 0.25) is 0 Å². The van der Waals surface area contributed by atoms with E-state index in [4.69, 9.17) is 17.3 Å². The van der Waals surface area contributed by atoms with Crippen molar-refractivity contribution in [1.29, 1.82) is 0 Å². The number of hydrogen-bond donors (Lipinski definition) is 2. The summed E-state index contributed by atoms with van der Waals surface area (Å²) >= 11 is 6.11. The van der Waals surface area contributed by atoms with Crippen LogP contribution in [0.5, 0.6) is 0 Å². The molecule has 3 nitrogen and oxygen atoms in total. The molecule has 1 unspecified atom stereocenters. The van der Waals surface area contributed by atoms with E-state index >= 15 is 0 Å². The van der Waals surface area contributed by atoms with Crippen molar-refractivity contribution in [1.82, 2.24) is 4.90 Å². The van der Waals surface area contributed by atoms with Gasteiger partial charge in [-0.25, -0.2) is 0 Å². The second-order valence-electron chi connectivity index (χ2n) is 4.81. The Morgan fingerprint density at radius 2 is 2.31 bits per heavy atom. The van der Waals surface area contributed by atoms with Crippen LogP contribution >= 0.6 is 11.6 Å². The largest absolute Gasteiger partial charge is 0.399 e. The number of aliphatic hydroxyl groups is 1. The monoisotopic (exact) mass is 240 g/mol. The molecule has 1 fully saturated rings. The minimum atomic E-state index is -0.555. The van der Waals surface area contributed by atoms with Crippen LogP contribution in [-0.4, -0.2) is 28.7 Å². The first kappa shape index (κ1) is 11.7. The van der Waals surface area contributed by atoms with Gasteiger partial charge < -0.3 is 10.8 Å². The summed E-state index contributed by atoms with van der Waals surface area (Å²) in [5, 5.41) is 10.6. The Morgan fingerprint density at radius 3 is 2.88 bits per heavy atom. The Hall–Kier alpha value is -0.770. The Balaban J connectivity index is 2.05. The fraction of sp³-hybridized carbons (Fsp3) is 0.500. The van der Waals surface area contributed by atoms with Crippen LogP contribution in [0.2, 0.25) is 5.02 Å². The molecule has 0 aromatic heterocycles. The summed E-state index contributed by atoms with van der Waals surface area (Å²) in [7, 11) is 0. The molecule has 1 aliphatic rings. The quantitative estimate of drug-likeness (QED) is 0.776. The average molecular weight is 241 g/mol. The van der Waals surface area contributed by atoms with E-state index in [0.29, 0.717) is 17.3 Å². The van der Waals surface area contributed by atoms with Crippen LogP contribution in [0.25, 0.3) is 0 Å². The Morgan fingerprint density at radius 1 is 1.56 bits per heavy atom. The van der Waals surface area contributed by atoms with E-state index in [1.54, 1.807) is 6.07 Å². The number of hydrogen-bond acceptors (Lipinski definition) is 3. The number of anilines is 1. The maximum absolute atomic E-state index is 9.86. The van der Waals surface area contributed by atoms with Gasteiger partial charge in [-0.2, -0.15) is 0 Å². The standard InChI is InChI=1S/C12H17ClN2O/c1-12(16)4-5-15(8-12)7-9-2-3-10(14)6-11(9)13/h2-3,6,16H,4-5,7-8,14H2,1H3. The molecule has 0 spiro atoms. The molecule has 1 aromatic rings. The van der Waals surface area contributed by atoms with Crippen LogP contribution in [0, 0.1) is 0 Å². The second-order valence-corrected chi connectivity index (χ2v) is 5.22. The summed E-state index contributed by atoms with van der Waals surface area (Å²) in [5.74, 6) is 0. The number of nitrogens with zero attached hydrogens (tertiary/aromatic N) is 1. The molecule has 1 aromatic carbocycles. The highest BCUT2D eigenvalue weighted by Gasteiger charge is 2.31. The zero-order valence-electron chi connectivity index (χ0n) is 9.41. The third-order valence-electron chi connectivity index (χ3n) is 3.00. The van der Waals surface area contributed by atoms with E-state index in [1.807, 2.05) is 19.1 Å². The Bertz CT molecular complexity index is 393.